The maximum atomic E-state index is 10.7. The maximum Gasteiger partial charge on any atom is 0.335 e. The monoisotopic (exact) mass is 221 g/mol. The summed E-state index contributed by atoms with van der Waals surface area (Å²) in [5.41, 5.74) is 6.87. The molecule has 0 radical (unpaired) electrons. The van der Waals surface area contributed by atoms with Crippen LogP contribution in [-0.2, 0) is 4.74 Å². The van der Waals surface area contributed by atoms with Crippen molar-refractivity contribution in [2.24, 2.45) is 5.73 Å². The molecule has 3 N–H and O–H groups in total. The number of hydrogen-bond donors (Lipinski definition) is 2. The molecular formula is C12H15NO3. The Balaban J connectivity index is 2.08. The van der Waals surface area contributed by atoms with Crippen LogP contribution in [0.3, 0.4) is 0 Å². The van der Waals surface area contributed by atoms with Crippen molar-refractivity contribution >= 4 is 5.97 Å². The van der Waals surface area contributed by atoms with Gasteiger partial charge in [-0.25, -0.2) is 4.79 Å². The Kier molecular flexibility index (Phi) is 3.22. The van der Waals surface area contributed by atoms with Crippen molar-refractivity contribution in [3.63, 3.8) is 0 Å². The van der Waals surface area contributed by atoms with E-state index in [1.54, 1.807) is 12.1 Å². The lowest BCUT2D eigenvalue weighted by molar-refractivity contribution is 0.0497. The highest BCUT2D eigenvalue weighted by atomic mass is 16.5. The zero-order valence-electron chi connectivity index (χ0n) is 8.93. The third-order valence-corrected chi connectivity index (χ3v) is 2.90. The number of rotatable bonds is 3. The van der Waals surface area contributed by atoms with Crippen LogP contribution < -0.4 is 5.73 Å². The number of nitrogens with two attached hydrogens (primary N) is 1. The molecule has 1 aromatic rings. The van der Waals surface area contributed by atoms with E-state index in [1.165, 1.54) is 0 Å². The third kappa shape index (κ3) is 2.23. The average molecular weight is 221 g/mol. The molecule has 1 fully saturated rings. The van der Waals surface area contributed by atoms with Crippen LogP contribution in [-0.4, -0.2) is 23.7 Å². The zero-order chi connectivity index (χ0) is 11.5. The second kappa shape index (κ2) is 4.63. The molecule has 4 nitrogen and oxygen atoms in total. The molecule has 0 saturated carbocycles. The molecular weight excluding hydrogens is 206 g/mol. The molecule has 0 aliphatic carbocycles. The molecule has 4 heteroatoms. The molecule has 1 aliphatic rings. The van der Waals surface area contributed by atoms with E-state index in [-0.39, 0.29) is 12.2 Å². The summed E-state index contributed by atoms with van der Waals surface area (Å²) in [4.78, 5) is 10.7. The standard InChI is InChI=1S/C12H15NO3/c13-7-10-5-6-11(16-10)8-1-3-9(4-2-8)12(14)15/h1-4,10-11H,5-7,13H2,(H,14,15)/t10-,11+/m1/s1. The molecule has 1 aliphatic heterocycles. The number of hydrogen-bond acceptors (Lipinski definition) is 3. The number of carboxylic acids is 1. The minimum absolute atomic E-state index is 0.0661. The highest BCUT2D eigenvalue weighted by molar-refractivity contribution is 5.87. The molecule has 0 amide bonds. The predicted octanol–water partition coefficient (Wildman–Crippen LogP) is 1.56. The molecule has 1 heterocycles. The number of carbonyl (C=O) groups is 1. The fraction of sp³-hybridized carbons (Fsp3) is 0.417. The Morgan fingerprint density at radius 2 is 2.06 bits per heavy atom. The summed E-state index contributed by atoms with van der Waals surface area (Å²) in [5, 5.41) is 8.77. The summed E-state index contributed by atoms with van der Waals surface area (Å²) in [6.07, 6.45) is 2.14. The second-order valence-electron chi connectivity index (χ2n) is 3.99. The first-order valence-corrected chi connectivity index (χ1v) is 5.39. The number of benzene rings is 1. The van der Waals surface area contributed by atoms with E-state index in [9.17, 15) is 4.79 Å². The Bertz CT molecular complexity index is 374. The SMILES string of the molecule is NC[C@H]1CC[C@@H](c2ccc(C(=O)O)cc2)O1. The van der Waals surface area contributed by atoms with Crippen LogP contribution in [0.15, 0.2) is 24.3 Å². The molecule has 0 bridgehead atoms. The molecule has 2 rings (SSSR count). The van der Waals surface area contributed by atoms with Gasteiger partial charge in [-0.1, -0.05) is 12.1 Å². The van der Waals surface area contributed by atoms with E-state index in [2.05, 4.69) is 0 Å². The maximum absolute atomic E-state index is 10.7. The van der Waals surface area contributed by atoms with Gasteiger partial charge in [0.25, 0.3) is 0 Å². The van der Waals surface area contributed by atoms with Crippen LogP contribution in [0.5, 0.6) is 0 Å². The van der Waals surface area contributed by atoms with Crippen molar-refractivity contribution in [1.82, 2.24) is 0 Å². The molecule has 0 unspecified atom stereocenters. The van der Waals surface area contributed by atoms with E-state index < -0.39 is 5.97 Å². The van der Waals surface area contributed by atoms with Crippen molar-refractivity contribution in [1.29, 1.82) is 0 Å². The molecule has 1 saturated heterocycles. The van der Waals surface area contributed by atoms with Crippen molar-refractivity contribution in [3.05, 3.63) is 35.4 Å². The second-order valence-corrected chi connectivity index (χ2v) is 3.99. The van der Waals surface area contributed by atoms with Gasteiger partial charge in [0.15, 0.2) is 0 Å². The highest BCUT2D eigenvalue weighted by Gasteiger charge is 2.25. The quantitative estimate of drug-likeness (QED) is 0.812. The first-order valence-electron chi connectivity index (χ1n) is 5.39. The van der Waals surface area contributed by atoms with Crippen LogP contribution in [0.2, 0.25) is 0 Å². The topological polar surface area (TPSA) is 72.6 Å². The summed E-state index contributed by atoms with van der Waals surface area (Å²) in [5.74, 6) is -0.904. The zero-order valence-corrected chi connectivity index (χ0v) is 8.93. The Morgan fingerprint density at radius 3 is 2.56 bits per heavy atom. The van der Waals surface area contributed by atoms with E-state index in [4.69, 9.17) is 15.6 Å². The van der Waals surface area contributed by atoms with Gasteiger partial charge in [0.1, 0.15) is 0 Å². The Morgan fingerprint density at radius 1 is 1.38 bits per heavy atom. The van der Waals surface area contributed by atoms with Crippen LogP contribution in [0.4, 0.5) is 0 Å². The van der Waals surface area contributed by atoms with Gasteiger partial charge in [0, 0.05) is 6.54 Å². The van der Waals surface area contributed by atoms with E-state index in [0.717, 1.165) is 18.4 Å². The highest BCUT2D eigenvalue weighted by Crippen LogP contribution is 2.32. The summed E-state index contributed by atoms with van der Waals surface area (Å²) in [7, 11) is 0. The van der Waals surface area contributed by atoms with Crippen molar-refractivity contribution in [2.75, 3.05) is 6.54 Å². The van der Waals surface area contributed by atoms with Gasteiger partial charge >= 0.3 is 5.97 Å². The molecule has 1 aromatic carbocycles. The number of carboxylic acid groups (broad SMARTS) is 1. The van der Waals surface area contributed by atoms with Crippen molar-refractivity contribution in [3.8, 4) is 0 Å². The smallest absolute Gasteiger partial charge is 0.335 e. The minimum atomic E-state index is -0.904. The van der Waals surface area contributed by atoms with Gasteiger partial charge in [-0.3, -0.25) is 0 Å². The third-order valence-electron chi connectivity index (χ3n) is 2.90. The van der Waals surface area contributed by atoms with Gasteiger partial charge in [0.2, 0.25) is 0 Å². The van der Waals surface area contributed by atoms with Crippen molar-refractivity contribution in [2.45, 2.75) is 25.0 Å². The van der Waals surface area contributed by atoms with Crippen LogP contribution in [0, 0.1) is 0 Å². The minimum Gasteiger partial charge on any atom is -0.478 e. The van der Waals surface area contributed by atoms with Gasteiger partial charge < -0.3 is 15.6 Å². The largest absolute Gasteiger partial charge is 0.478 e. The number of ether oxygens (including phenoxy) is 1. The molecule has 0 aromatic heterocycles. The van der Waals surface area contributed by atoms with Crippen LogP contribution in [0.1, 0.15) is 34.9 Å². The number of aromatic carboxylic acids is 1. The molecule has 86 valence electrons. The summed E-state index contributed by atoms with van der Waals surface area (Å²) < 4.78 is 5.72. The molecule has 16 heavy (non-hydrogen) atoms. The van der Waals surface area contributed by atoms with Crippen LogP contribution >= 0.6 is 0 Å². The lowest BCUT2D eigenvalue weighted by Gasteiger charge is -2.12. The first-order chi connectivity index (χ1) is 7.70. The lowest BCUT2D eigenvalue weighted by Crippen LogP contribution is -2.18. The summed E-state index contributed by atoms with van der Waals surface area (Å²) >= 11 is 0. The molecule has 2 atom stereocenters. The van der Waals surface area contributed by atoms with Gasteiger partial charge in [0.05, 0.1) is 17.8 Å². The predicted molar refractivity (Wildman–Crippen MR) is 59.3 cm³/mol. The van der Waals surface area contributed by atoms with Crippen LogP contribution in [0.25, 0.3) is 0 Å². The average Bonchev–Trinajstić information content (AvgIpc) is 2.77. The normalized spacial score (nSPS) is 24.6. The van der Waals surface area contributed by atoms with Gasteiger partial charge in [-0.2, -0.15) is 0 Å². The van der Waals surface area contributed by atoms with Gasteiger partial charge in [-0.15, -0.1) is 0 Å². The lowest BCUT2D eigenvalue weighted by atomic mass is 10.0. The van der Waals surface area contributed by atoms with Gasteiger partial charge in [-0.05, 0) is 30.5 Å². The van der Waals surface area contributed by atoms with E-state index >= 15 is 0 Å². The fourth-order valence-corrected chi connectivity index (χ4v) is 1.96. The summed E-state index contributed by atoms with van der Waals surface area (Å²) in [6.45, 7) is 0.545. The fourth-order valence-electron chi connectivity index (χ4n) is 1.96. The van der Waals surface area contributed by atoms with E-state index in [1.807, 2.05) is 12.1 Å². The van der Waals surface area contributed by atoms with E-state index in [0.29, 0.717) is 12.1 Å². The summed E-state index contributed by atoms with van der Waals surface area (Å²) in [6, 6.07) is 6.84. The molecule has 0 spiro atoms. The first kappa shape index (κ1) is 11.1. The Hall–Kier alpha value is -1.39. The Labute approximate surface area is 94.0 Å². The van der Waals surface area contributed by atoms with Crippen molar-refractivity contribution < 1.29 is 14.6 Å².